The fraction of sp³-hybridized carbons (Fsp3) is 0.462. The predicted molar refractivity (Wildman–Crippen MR) is 64.9 cm³/mol. The standard InChI is InChI=1S/C13H13F2NO2S/c1-9-3-2-6-13(9,8-16)19(17,18)12-7-10(14)4-5-11(12)15/h4-5,7,9H,2-3,6H2,1H3. The van der Waals surface area contributed by atoms with Crippen molar-refractivity contribution in [3.05, 3.63) is 29.8 Å². The van der Waals surface area contributed by atoms with Crippen LogP contribution in [0, 0.1) is 28.9 Å². The maximum atomic E-state index is 13.7. The van der Waals surface area contributed by atoms with Crippen molar-refractivity contribution >= 4 is 9.84 Å². The van der Waals surface area contributed by atoms with Crippen molar-refractivity contribution in [2.75, 3.05) is 0 Å². The van der Waals surface area contributed by atoms with Crippen LogP contribution in [0.4, 0.5) is 8.78 Å². The third-order valence-corrected chi connectivity index (χ3v) is 6.38. The Morgan fingerprint density at radius 3 is 2.63 bits per heavy atom. The number of benzene rings is 1. The monoisotopic (exact) mass is 285 g/mol. The van der Waals surface area contributed by atoms with E-state index in [4.69, 9.17) is 0 Å². The van der Waals surface area contributed by atoms with Gasteiger partial charge in [0.15, 0.2) is 4.75 Å². The van der Waals surface area contributed by atoms with Gasteiger partial charge in [0.05, 0.1) is 6.07 Å². The molecule has 1 aromatic rings. The highest BCUT2D eigenvalue weighted by molar-refractivity contribution is 7.93. The van der Waals surface area contributed by atoms with Crippen molar-refractivity contribution in [1.82, 2.24) is 0 Å². The van der Waals surface area contributed by atoms with E-state index < -0.39 is 37.0 Å². The normalized spacial score (nSPS) is 27.2. The zero-order valence-corrected chi connectivity index (χ0v) is 11.2. The van der Waals surface area contributed by atoms with Gasteiger partial charge < -0.3 is 0 Å². The first-order chi connectivity index (χ1) is 8.85. The second kappa shape index (κ2) is 4.57. The van der Waals surface area contributed by atoms with Crippen LogP contribution in [0.5, 0.6) is 0 Å². The molecule has 0 amide bonds. The van der Waals surface area contributed by atoms with Gasteiger partial charge in [0.25, 0.3) is 0 Å². The van der Waals surface area contributed by atoms with Crippen LogP contribution in [-0.2, 0) is 9.84 Å². The van der Waals surface area contributed by atoms with E-state index in [0.717, 1.165) is 12.1 Å². The zero-order chi connectivity index (χ0) is 14.3. The highest BCUT2D eigenvalue weighted by atomic mass is 32.2. The van der Waals surface area contributed by atoms with Gasteiger partial charge in [-0.25, -0.2) is 17.2 Å². The maximum Gasteiger partial charge on any atom is 0.200 e. The van der Waals surface area contributed by atoms with Crippen LogP contribution >= 0.6 is 0 Å². The summed E-state index contributed by atoms with van der Waals surface area (Å²) in [5, 5.41) is 9.30. The van der Waals surface area contributed by atoms with Gasteiger partial charge >= 0.3 is 0 Å². The SMILES string of the molecule is CC1CCCC1(C#N)S(=O)(=O)c1cc(F)ccc1F. The lowest BCUT2D eigenvalue weighted by Gasteiger charge is -2.26. The van der Waals surface area contributed by atoms with Gasteiger partial charge in [-0.05, 0) is 37.0 Å². The van der Waals surface area contributed by atoms with Gasteiger partial charge in [0, 0.05) is 0 Å². The van der Waals surface area contributed by atoms with Crippen LogP contribution in [0.3, 0.4) is 0 Å². The number of hydrogen-bond donors (Lipinski definition) is 0. The molecule has 0 aromatic heterocycles. The number of nitrogens with zero attached hydrogens (tertiary/aromatic N) is 1. The van der Waals surface area contributed by atoms with Crippen LogP contribution in [0.25, 0.3) is 0 Å². The number of sulfone groups is 1. The van der Waals surface area contributed by atoms with Gasteiger partial charge in [-0.1, -0.05) is 13.3 Å². The van der Waals surface area contributed by atoms with E-state index in [0.29, 0.717) is 18.9 Å². The lowest BCUT2D eigenvalue weighted by atomic mass is 9.99. The average molecular weight is 285 g/mol. The molecule has 1 aliphatic rings. The fourth-order valence-electron chi connectivity index (χ4n) is 2.66. The van der Waals surface area contributed by atoms with Crippen LogP contribution in [-0.4, -0.2) is 13.2 Å². The summed E-state index contributed by atoms with van der Waals surface area (Å²) in [6.45, 7) is 1.66. The summed E-state index contributed by atoms with van der Waals surface area (Å²) in [6, 6.07) is 4.11. The van der Waals surface area contributed by atoms with Crippen LogP contribution < -0.4 is 0 Å². The molecule has 2 unspecified atom stereocenters. The molecule has 2 atom stereocenters. The summed E-state index contributed by atoms with van der Waals surface area (Å²) in [5.74, 6) is -2.25. The lowest BCUT2D eigenvalue weighted by molar-refractivity contribution is 0.485. The molecule has 1 saturated carbocycles. The first kappa shape index (κ1) is 13.9. The highest BCUT2D eigenvalue weighted by Crippen LogP contribution is 2.44. The molecule has 0 heterocycles. The Morgan fingerprint density at radius 1 is 1.42 bits per heavy atom. The molecule has 0 N–H and O–H groups in total. The second-order valence-electron chi connectivity index (χ2n) is 4.87. The van der Waals surface area contributed by atoms with Gasteiger partial charge in [0.1, 0.15) is 16.5 Å². The van der Waals surface area contributed by atoms with Crippen molar-refractivity contribution in [2.24, 2.45) is 5.92 Å². The first-order valence-corrected chi connectivity index (χ1v) is 7.44. The van der Waals surface area contributed by atoms with E-state index in [2.05, 4.69) is 0 Å². The molecule has 6 heteroatoms. The van der Waals surface area contributed by atoms with Crippen LogP contribution in [0.1, 0.15) is 26.2 Å². The fourth-order valence-corrected chi connectivity index (χ4v) is 4.82. The Labute approximate surface area is 110 Å². The smallest absolute Gasteiger partial charge is 0.200 e. The third kappa shape index (κ3) is 1.93. The van der Waals surface area contributed by atoms with E-state index in [1.165, 1.54) is 0 Å². The van der Waals surface area contributed by atoms with E-state index >= 15 is 0 Å². The van der Waals surface area contributed by atoms with Crippen molar-refractivity contribution in [2.45, 2.75) is 35.8 Å². The summed E-state index contributed by atoms with van der Waals surface area (Å²) in [7, 11) is -4.23. The van der Waals surface area contributed by atoms with Crippen molar-refractivity contribution in [3.63, 3.8) is 0 Å². The summed E-state index contributed by atoms with van der Waals surface area (Å²) in [4.78, 5) is -0.720. The topological polar surface area (TPSA) is 57.9 Å². The van der Waals surface area contributed by atoms with Gasteiger partial charge in [-0.15, -0.1) is 0 Å². The maximum absolute atomic E-state index is 13.7. The molecule has 0 radical (unpaired) electrons. The summed E-state index contributed by atoms with van der Waals surface area (Å²) in [5.41, 5.74) is 0. The van der Waals surface area contributed by atoms with Crippen LogP contribution in [0.2, 0.25) is 0 Å². The Balaban J connectivity index is 2.66. The Kier molecular flexibility index (Phi) is 3.35. The second-order valence-corrected chi connectivity index (χ2v) is 7.05. The molecule has 102 valence electrons. The quantitative estimate of drug-likeness (QED) is 0.839. The number of rotatable bonds is 2. The van der Waals surface area contributed by atoms with E-state index in [1.54, 1.807) is 6.92 Å². The minimum Gasteiger partial charge on any atom is -0.222 e. The molecule has 19 heavy (non-hydrogen) atoms. The highest BCUT2D eigenvalue weighted by Gasteiger charge is 2.53. The largest absolute Gasteiger partial charge is 0.222 e. The molecule has 0 saturated heterocycles. The molecule has 2 rings (SSSR count). The molecule has 1 aromatic carbocycles. The average Bonchev–Trinajstić information content (AvgIpc) is 2.75. The zero-order valence-electron chi connectivity index (χ0n) is 10.4. The van der Waals surface area contributed by atoms with Gasteiger partial charge in [0.2, 0.25) is 9.84 Å². The number of halogens is 2. The van der Waals surface area contributed by atoms with Crippen molar-refractivity contribution < 1.29 is 17.2 Å². The molecular formula is C13H13F2NO2S. The van der Waals surface area contributed by atoms with Gasteiger partial charge in [-0.2, -0.15) is 5.26 Å². The summed E-state index contributed by atoms with van der Waals surface area (Å²) >= 11 is 0. The molecule has 0 aliphatic heterocycles. The minimum absolute atomic E-state index is 0.156. The minimum atomic E-state index is -4.23. The molecule has 1 fully saturated rings. The number of nitriles is 1. The molecule has 0 bridgehead atoms. The Morgan fingerprint density at radius 2 is 2.11 bits per heavy atom. The Hall–Kier alpha value is -1.48. The molecule has 0 spiro atoms. The lowest BCUT2D eigenvalue weighted by Crippen LogP contribution is -2.40. The van der Waals surface area contributed by atoms with E-state index in [1.807, 2.05) is 6.07 Å². The predicted octanol–water partition coefficient (Wildman–Crippen LogP) is 2.82. The third-order valence-electron chi connectivity index (χ3n) is 3.83. The summed E-state index contributed by atoms with van der Waals surface area (Å²) in [6.07, 6.45) is 1.33. The molecule has 3 nitrogen and oxygen atoms in total. The van der Waals surface area contributed by atoms with Crippen molar-refractivity contribution in [3.8, 4) is 6.07 Å². The Bertz CT molecular complexity index is 651. The van der Waals surface area contributed by atoms with E-state index in [-0.39, 0.29) is 6.42 Å². The molecular weight excluding hydrogens is 272 g/mol. The molecule has 1 aliphatic carbocycles. The van der Waals surface area contributed by atoms with Crippen LogP contribution in [0.15, 0.2) is 23.1 Å². The summed E-state index contributed by atoms with van der Waals surface area (Å²) < 4.78 is 50.3. The van der Waals surface area contributed by atoms with E-state index in [9.17, 15) is 22.5 Å². The number of hydrogen-bond acceptors (Lipinski definition) is 3. The first-order valence-electron chi connectivity index (χ1n) is 5.96. The van der Waals surface area contributed by atoms with Crippen molar-refractivity contribution in [1.29, 1.82) is 5.26 Å². The van der Waals surface area contributed by atoms with Gasteiger partial charge in [-0.3, -0.25) is 0 Å².